The number of carbonyl (C=O) groups is 2. The van der Waals surface area contributed by atoms with Crippen LogP contribution >= 0.6 is 0 Å². The van der Waals surface area contributed by atoms with Crippen molar-refractivity contribution in [2.75, 3.05) is 0 Å². The number of allylic oxidation sites excluding steroid dienone is 9. The first-order valence-corrected chi connectivity index (χ1v) is 5.28. The van der Waals surface area contributed by atoms with Crippen molar-refractivity contribution in [2.24, 2.45) is 0 Å². The lowest BCUT2D eigenvalue weighted by atomic mass is 9.93. The summed E-state index contributed by atoms with van der Waals surface area (Å²) in [5, 5.41) is 0. The molecular formula is C14H10O3. The lowest BCUT2D eigenvalue weighted by Gasteiger charge is -2.09. The third-order valence-electron chi connectivity index (χ3n) is 2.63. The minimum atomic E-state index is -0.116. The molecule has 0 fully saturated rings. The van der Waals surface area contributed by atoms with Gasteiger partial charge in [0.25, 0.3) is 0 Å². The largest absolute Gasteiger partial charge is 0.295 e. The molecule has 0 saturated carbocycles. The average molecular weight is 226 g/mol. The van der Waals surface area contributed by atoms with Gasteiger partial charge in [-0.25, -0.2) is 4.79 Å². The van der Waals surface area contributed by atoms with Crippen LogP contribution in [0.4, 0.5) is 0 Å². The Balaban J connectivity index is 2.16. The summed E-state index contributed by atoms with van der Waals surface area (Å²) in [4.78, 5) is 33.4. The van der Waals surface area contributed by atoms with Gasteiger partial charge in [-0.15, -0.1) is 0 Å². The van der Waals surface area contributed by atoms with Crippen LogP contribution in [0.3, 0.4) is 0 Å². The molecule has 2 aliphatic carbocycles. The predicted molar refractivity (Wildman–Crippen MR) is 62.9 cm³/mol. The fourth-order valence-electron chi connectivity index (χ4n) is 1.65. The molecule has 0 amide bonds. The highest BCUT2D eigenvalue weighted by Crippen LogP contribution is 2.19. The van der Waals surface area contributed by atoms with E-state index in [-0.39, 0.29) is 18.0 Å². The summed E-state index contributed by atoms with van der Waals surface area (Å²) in [6, 6.07) is 0. The SMILES string of the molecule is O=C=C1C=CC(C(=O)C2=CCC(=O)C=C2)=CC1. The topological polar surface area (TPSA) is 51.2 Å². The summed E-state index contributed by atoms with van der Waals surface area (Å²) < 4.78 is 0. The van der Waals surface area contributed by atoms with E-state index >= 15 is 0 Å². The highest BCUT2D eigenvalue weighted by atomic mass is 16.1. The summed E-state index contributed by atoms with van der Waals surface area (Å²) in [6.07, 6.45) is 10.2. The van der Waals surface area contributed by atoms with Crippen molar-refractivity contribution >= 4 is 17.5 Å². The molecule has 17 heavy (non-hydrogen) atoms. The van der Waals surface area contributed by atoms with E-state index in [2.05, 4.69) is 0 Å². The smallest absolute Gasteiger partial charge is 0.192 e. The molecule has 0 heterocycles. The maximum absolute atomic E-state index is 12.0. The van der Waals surface area contributed by atoms with Crippen LogP contribution in [0, 0.1) is 0 Å². The van der Waals surface area contributed by atoms with Crippen molar-refractivity contribution in [3.63, 3.8) is 0 Å². The molecule has 3 nitrogen and oxygen atoms in total. The molecule has 0 bridgehead atoms. The Bertz CT molecular complexity index is 550. The maximum Gasteiger partial charge on any atom is 0.192 e. The summed E-state index contributed by atoms with van der Waals surface area (Å²) in [6.45, 7) is 0. The third kappa shape index (κ3) is 2.47. The monoisotopic (exact) mass is 226 g/mol. The van der Waals surface area contributed by atoms with E-state index < -0.39 is 0 Å². The zero-order chi connectivity index (χ0) is 12.3. The fourth-order valence-corrected chi connectivity index (χ4v) is 1.65. The van der Waals surface area contributed by atoms with Crippen LogP contribution in [0.5, 0.6) is 0 Å². The molecule has 0 radical (unpaired) electrons. The fraction of sp³-hybridized carbons (Fsp3) is 0.143. The molecule has 0 N–H and O–H groups in total. The molecule has 0 atom stereocenters. The molecule has 2 aliphatic rings. The first-order valence-electron chi connectivity index (χ1n) is 5.28. The van der Waals surface area contributed by atoms with Crippen molar-refractivity contribution in [1.82, 2.24) is 0 Å². The van der Waals surface area contributed by atoms with Crippen molar-refractivity contribution < 1.29 is 14.4 Å². The quantitative estimate of drug-likeness (QED) is 0.673. The highest BCUT2D eigenvalue weighted by molar-refractivity contribution is 6.14. The predicted octanol–water partition coefficient (Wildman–Crippen LogP) is 1.66. The van der Waals surface area contributed by atoms with Gasteiger partial charge in [0.2, 0.25) is 0 Å². The van der Waals surface area contributed by atoms with Crippen molar-refractivity contribution in [2.45, 2.75) is 12.8 Å². The number of hydrogen-bond donors (Lipinski definition) is 0. The molecule has 2 rings (SSSR count). The van der Waals surface area contributed by atoms with E-state index in [1.807, 2.05) is 0 Å². The Hall–Kier alpha value is -2.25. The average Bonchev–Trinajstić information content (AvgIpc) is 2.39. The van der Waals surface area contributed by atoms with Gasteiger partial charge in [-0.2, -0.15) is 0 Å². The first kappa shape index (κ1) is 11.2. The second-order valence-corrected chi connectivity index (χ2v) is 3.82. The lowest BCUT2D eigenvalue weighted by Crippen LogP contribution is -2.09. The van der Waals surface area contributed by atoms with Crippen LogP contribution in [0.25, 0.3) is 0 Å². The summed E-state index contributed by atoms with van der Waals surface area (Å²) in [5.41, 5.74) is 1.61. The van der Waals surface area contributed by atoms with Gasteiger partial charge >= 0.3 is 0 Å². The van der Waals surface area contributed by atoms with Crippen LogP contribution in [0.1, 0.15) is 12.8 Å². The molecule has 0 aromatic heterocycles. The number of rotatable bonds is 2. The van der Waals surface area contributed by atoms with Crippen molar-refractivity contribution in [1.29, 1.82) is 0 Å². The molecule has 0 unspecified atom stereocenters. The van der Waals surface area contributed by atoms with Crippen molar-refractivity contribution in [3.05, 3.63) is 53.2 Å². The van der Waals surface area contributed by atoms with Gasteiger partial charge in [-0.1, -0.05) is 18.2 Å². The maximum atomic E-state index is 12.0. The summed E-state index contributed by atoms with van der Waals surface area (Å²) in [5.74, 6) is 1.68. The van der Waals surface area contributed by atoms with Crippen LogP contribution < -0.4 is 0 Å². The van der Waals surface area contributed by atoms with E-state index in [1.165, 1.54) is 12.2 Å². The van der Waals surface area contributed by atoms with E-state index in [1.54, 1.807) is 30.2 Å². The zero-order valence-electron chi connectivity index (χ0n) is 9.10. The van der Waals surface area contributed by atoms with E-state index in [0.29, 0.717) is 23.1 Å². The number of hydrogen-bond acceptors (Lipinski definition) is 3. The number of Topliss-reactive ketones (excluding diaryl/α,β-unsaturated/α-hetero) is 1. The Morgan fingerprint density at radius 3 is 2.12 bits per heavy atom. The summed E-state index contributed by atoms with van der Waals surface area (Å²) >= 11 is 0. The normalized spacial score (nSPS) is 18.6. The second-order valence-electron chi connectivity index (χ2n) is 3.82. The van der Waals surface area contributed by atoms with Gasteiger partial charge in [-0.3, -0.25) is 9.59 Å². The van der Waals surface area contributed by atoms with Gasteiger partial charge in [0.15, 0.2) is 11.6 Å². The standard InChI is InChI=1S/C14H10O3/c15-9-10-1-3-11(4-2-10)14(17)12-5-7-13(16)8-6-12/h1,3-7H,2,8H2. The Kier molecular flexibility index (Phi) is 3.12. The zero-order valence-corrected chi connectivity index (χ0v) is 9.10. The van der Waals surface area contributed by atoms with Crippen molar-refractivity contribution in [3.8, 4) is 0 Å². The van der Waals surface area contributed by atoms with E-state index in [9.17, 15) is 14.4 Å². The molecule has 0 aromatic rings. The van der Waals surface area contributed by atoms with Gasteiger partial charge in [0, 0.05) is 29.6 Å². The third-order valence-corrected chi connectivity index (χ3v) is 2.63. The van der Waals surface area contributed by atoms with E-state index in [4.69, 9.17) is 0 Å². The Morgan fingerprint density at radius 1 is 1.00 bits per heavy atom. The first-order chi connectivity index (χ1) is 8.20. The number of carbonyl (C=O) groups excluding carboxylic acids is 3. The molecule has 0 aromatic carbocycles. The lowest BCUT2D eigenvalue weighted by molar-refractivity contribution is -0.113. The van der Waals surface area contributed by atoms with E-state index in [0.717, 1.165) is 0 Å². The second kappa shape index (κ2) is 4.73. The molecule has 0 spiro atoms. The van der Waals surface area contributed by atoms with Crippen LogP contribution in [0.15, 0.2) is 53.2 Å². The molecule has 0 aliphatic heterocycles. The van der Waals surface area contributed by atoms with Crippen LogP contribution in [0.2, 0.25) is 0 Å². The number of ketones is 2. The van der Waals surface area contributed by atoms with Gasteiger partial charge < -0.3 is 0 Å². The Labute approximate surface area is 98.5 Å². The minimum Gasteiger partial charge on any atom is -0.295 e. The Morgan fingerprint density at radius 2 is 1.65 bits per heavy atom. The molecule has 0 saturated heterocycles. The van der Waals surface area contributed by atoms with Crippen LogP contribution in [-0.2, 0) is 14.4 Å². The molecular weight excluding hydrogens is 216 g/mol. The minimum absolute atomic E-state index is 0.000824. The van der Waals surface area contributed by atoms with Gasteiger partial charge in [0.05, 0.1) is 0 Å². The van der Waals surface area contributed by atoms with Gasteiger partial charge in [0.1, 0.15) is 5.94 Å². The van der Waals surface area contributed by atoms with Crippen LogP contribution in [-0.4, -0.2) is 17.5 Å². The highest BCUT2D eigenvalue weighted by Gasteiger charge is 2.15. The van der Waals surface area contributed by atoms with Gasteiger partial charge in [-0.05, 0) is 18.2 Å². The molecule has 84 valence electrons. The molecule has 3 heteroatoms. The summed E-state index contributed by atoms with van der Waals surface area (Å²) in [7, 11) is 0.